The van der Waals surface area contributed by atoms with Gasteiger partial charge in [-0.2, -0.15) is 10.5 Å². The standard InChI is InChI=1S/C16H10ClN3O/c1-10-6-11(3-5-15(10)17)16(21)20-14-4-2-12(8-18)13(7-14)9-19/h2-7H,1H3,(H,20,21). The lowest BCUT2D eigenvalue weighted by Gasteiger charge is -2.07. The maximum Gasteiger partial charge on any atom is 0.255 e. The van der Waals surface area contributed by atoms with E-state index in [1.165, 1.54) is 12.1 Å². The molecular formula is C16H10ClN3O. The van der Waals surface area contributed by atoms with Gasteiger partial charge in [-0.25, -0.2) is 0 Å². The third-order valence-corrected chi connectivity index (χ3v) is 3.36. The molecule has 0 fully saturated rings. The number of carbonyl (C=O) groups is 1. The summed E-state index contributed by atoms with van der Waals surface area (Å²) in [4.78, 5) is 12.1. The van der Waals surface area contributed by atoms with E-state index in [2.05, 4.69) is 5.32 Å². The second kappa shape index (κ2) is 6.09. The van der Waals surface area contributed by atoms with E-state index in [0.717, 1.165) is 5.56 Å². The van der Waals surface area contributed by atoms with Crippen LogP contribution in [0.4, 0.5) is 5.69 Å². The van der Waals surface area contributed by atoms with Gasteiger partial charge in [0.2, 0.25) is 0 Å². The molecule has 5 heteroatoms. The van der Waals surface area contributed by atoms with Crippen molar-refractivity contribution in [3.05, 3.63) is 63.7 Å². The lowest BCUT2D eigenvalue weighted by Crippen LogP contribution is -2.12. The Hall–Kier alpha value is -2.82. The predicted octanol–water partition coefficient (Wildman–Crippen LogP) is 3.64. The van der Waals surface area contributed by atoms with Gasteiger partial charge in [0.1, 0.15) is 12.1 Å². The van der Waals surface area contributed by atoms with Crippen molar-refractivity contribution in [3.8, 4) is 12.1 Å². The summed E-state index contributed by atoms with van der Waals surface area (Å²) in [6.07, 6.45) is 0. The lowest BCUT2D eigenvalue weighted by molar-refractivity contribution is 0.102. The van der Waals surface area contributed by atoms with Crippen molar-refractivity contribution in [3.63, 3.8) is 0 Å². The number of hydrogen-bond donors (Lipinski definition) is 1. The minimum absolute atomic E-state index is 0.225. The van der Waals surface area contributed by atoms with Crippen LogP contribution in [0.15, 0.2) is 36.4 Å². The third kappa shape index (κ3) is 3.20. The summed E-state index contributed by atoms with van der Waals surface area (Å²) in [6, 6.07) is 13.4. The normalized spacial score (nSPS) is 9.52. The Morgan fingerprint density at radius 2 is 1.81 bits per heavy atom. The minimum Gasteiger partial charge on any atom is -0.322 e. The highest BCUT2D eigenvalue weighted by Gasteiger charge is 2.09. The number of aryl methyl sites for hydroxylation is 1. The summed E-state index contributed by atoms with van der Waals surface area (Å²) in [5.74, 6) is -0.302. The van der Waals surface area contributed by atoms with Crippen molar-refractivity contribution in [1.82, 2.24) is 0 Å². The van der Waals surface area contributed by atoms with E-state index in [1.807, 2.05) is 19.1 Å². The maximum absolute atomic E-state index is 12.1. The second-order valence-electron chi connectivity index (χ2n) is 4.40. The first kappa shape index (κ1) is 14.6. The van der Waals surface area contributed by atoms with Crippen LogP contribution in [-0.2, 0) is 0 Å². The third-order valence-electron chi connectivity index (χ3n) is 2.94. The second-order valence-corrected chi connectivity index (χ2v) is 4.81. The molecule has 0 aromatic heterocycles. The molecule has 0 aliphatic heterocycles. The highest BCUT2D eigenvalue weighted by Crippen LogP contribution is 2.19. The maximum atomic E-state index is 12.1. The molecule has 0 spiro atoms. The SMILES string of the molecule is Cc1cc(C(=O)Nc2ccc(C#N)c(C#N)c2)ccc1Cl. The van der Waals surface area contributed by atoms with Crippen LogP contribution in [0.3, 0.4) is 0 Å². The molecule has 1 amide bonds. The molecule has 0 unspecified atom stereocenters. The topological polar surface area (TPSA) is 76.7 Å². The first-order valence-electron chi connectivity index (χ1n) is 6.07. The Kier molecular flexibility index (Phi) is 4.23. The molecule has 2 aromatic rings. The number of halogens is 1. The van der Waals surface area contributed by atoms with Crippen LogP contribution in [0.25, 0.3) is 0 Å². The molecule has 0 aliphatic rings. The molecule has 2 aromatic carbocycles. The van der Waals surface area contributed by atoms with Crippen LogP contribution in [-0.4, -0.2) is 5.91 Å². The molecule has 0 atom stereocenters. The highest BCUT2D eigenvalue weighted by atomic mass is 35.5. The van der Waals surface area contributed by atoms with Gasteiger partial charge in [0, 0.05) is 16.3 Å². The Bertz CT molecular complexity index is 800. The molecule has 0 aliphatic carbocycles. The number of benzene rings is 2. The molecular weight excluding hydrogens is 286 g/mol. The molecule has 2 rings (SSSR count). The average Bonchev–Trinajstić information content (AvgIpc) is 2.49. The van der Waals surface area contributed by atoms with E-state index in [4.69, 9.17) is 22.1 Å². The van der Waals surface area contributed by atoms with Crippen LogP contribution in [0.2, 0.25) is 5.02 Å². The van der Waals surface area contributed by atoms with E-state index in [1.54, 1.807) is 24.3 Å². The van der Waals surface area contributed by atoms with Gasteiger partial charge in [-0.3, -0.25) is 4.79 Å². The van der Waals surface area contributed by atoms with Crippen molar-refractivity contribution >= 4 is 23.2 Å². The fraction of sp³-hybridized carbons (Fsp3) is 0.0625. The fourth-order valence-corrected chi connectivity index (χ4v) is 1.92. The van der Waals surface area contributed by atoms with Crippen LogP contribution >= 0.6 is 11.6 Å². The summed E-state index contributed by atoms with van der Waals surface area (Å²) in [7, 11) is 0. The van der Waals surface area contributed by atoms with Gasteiger partial charge in [0.05, 0.1) is 11.1 Å². The number of rotatable bonds is 2. The fourth-order valence-electron chi connectivity index (χ4n) is 1.80. The van der Waals surface area contributed by atoms with Crippen LogP contribution in [0, 0.1) is 29.6 Å². The molecule has 1 N–H and O–H groups in total. The Balaban J connectivity index is 2.26. The first-order chi connectivity index (χ1) is 10.0. The molecule has 0 radical (unpaired) electrons. The Morgan fingerprint density at radius 1 is 1.10 bits per heavy atom. The predicted molar refractivity (Wildman–Crippen MR) is 80.0 cm³/mol. The zero-order valence-electron chi connectivity index (χ0n) is 11.1. The molecule has 0 saturated heterocycles. The van der Waals surface area contributed by atoms with Crippen LogP contribution in [0.5, 0.6) is 0 Å². The number of hydrogen-bond acceptors (Lipinski definition) is 3. The molecule has 0 heterocycles. The van der Waals surface area contributed by atoms with Crippen LogP contribution < -0.4 is 5.32 Å². The molecule has 102 valence electrons. The number of nitrogens with one attached hydrogen (secondary N) is 1. The van der Waals surface area contributed by atoms with Gasteiger partial charge in [-0.15, -0.1) is 0 Å². The largest absolute Gasteiger partial charge is 0.322 e. The van der Waals surface area contributed by atoms with Crippen molar-refractivity contribution in [2.24, 2.45) is 0 Å². The smallest absolute Gasteiger partial charge is 0.255 e. The summed E-state index contributed by atoms with van der Waals surface area (Å²) in [5.41, 5.74) is 2.24. The minimum atomic E-state index is -0.302. The monoisotopic (exact) mass is 295 g/mol. The number of nitriles is 2. The van der Waals surface area contributed by atoms with Crippen molar-refractivity contribution in [2.45, 2.75) is 6.92 Å². The van der Waals surface area contributed by atoms with Gasteiger partial charge >= 0.3 is 0 Å². The van der Waals surface area contributed by atoms with Gasteiger partial charge in [-0.1, -0.05) is 11.6 Å². The zero-order valence-corrected chi connectivity index (χ0v) is 11.9. The van der Waals surface area contributed by atoms with E-state index < -0.39 is 0 Å². The average molecular weight is 296 g/mol. The summed E-state index contributed by atoms with van der Waals surface area (Å²) < 4.78 is 0. The quantitative estimate of drug-likeness (QED) is 0.918. The molecule has 0 saturated carbocycles. The molecule has 0 bridgehead atoms. The van der Waals surface area contributed by atoms with Crippen LogP contribution in [0.1, 0.15) is 27.0 Å². The Labute approximate surface area is 127 Å². The number of amides is 1. The summed E-state index contributed by atoms with van der Waals surface area (Å²) >= 11 is 5.92. The van der Waals surface area contributed by atoms with E-state index in [0.29, 0.717) is 16.3 Å². The van der Waals surface area contributed by atoms with Crippen molar-refractivity contribution in [2.75, 3.05) is 5.32 Å². The van der Waals surface area contributed by atoms with Crippen molar-refractivity contribution < 1.29 is 4.79 Å². The molecule has 4 nitrogen and oxygen atoms in total. The van der Waals surface area contributed by atoms with Gasteiger partial charge < -0.3 is 5.32 Å². The first-order valence-corrected chi connectivity index (χ1v) is 6.44. The molecule has 21 heavy (non-hydrogen) atoms. The lowest BCUT2D eigenvalue weighted by atomic mass is 10.1. The van der Waals surface area contributed by atoms with Gasteiger partial charge in [0.25, 0.3) is 5.91 Å². The number of anilines is 1. The number of nitrogens with zero attached hydrogens (tertiary/aromatic N) is 2. The number of carbonyl (C=O) groups excluding carboxylic acids is 1. The highest BCUT2D eigenvalue weighted by molar-refractivity contribution is 6.31. The van der Waals surface area contributed by atoms with Gasteiger partial charge in [0.15, 0.2) is 0 Å². The van der Waals surface area contributed by atoms with E-state index in [-0.39, 0.29) is 17.0 Å². The summed E-state index contributed by atoms with van der Waals surface area (Å²) in [6.45, 7) is 1.81. The van der Waals surface area contributed by atoms with Crippen molar-refractivity contribution in [1.29, 1.82) is 10.5 Å². The summed E-state index contributed by atoms with van der Waals surface area (Å²) in [5, 5.41) is 21.1. The van der Waals surface area contributed by atoms with Gasteiger partial charge in [-0.05, 0) is 48.9 Å². The van der Waals surface area contributed by atoms with E-state index >= 15 is 0 Å². The zero-order chi connectivity index (χ0) is 15.4. The van der Waals surface area contributed by atoms with E-state index in [9.17, 15) is 4.79 Å². The Morgan fingerprint density at radius 3 is 2.43 bits per heavy atom.